The summed E-state index contributed by atoms with van der Waals surface area (Å²) < 4.78 is 34.9. The van der Waals surface area contributed by atoms with E-state index in [0.29, 0.717) is 29.2 Å². The number of rotatable bonds is 7. The van der Waals surface area contributed by atoms with Crippen molar-refractivity contribution in [2.24, 2.45) is 0 Å². The summed E-state index contributed by atoms with van der Waals surface area (Å²) >= 11 is 0. The number of ether oxygens (including phenoxy) is 2. The molecule has 0 saturated heterocycles. The molecule has 0 fully saturated rings. The molecule has 31 heavy (non-hydrogen) atoms. The van der Waals surface area contributed by atoms with E-state index >= 15 is 0 Å². The fraction of sp³-hybridized carbons (Fsp3) is 0.238. The van der Waals surface area contributed by atoms with Crippen LogP contribution in [0.25, 0.3) is 0 Å². The Morgan fingerprint density at radius 2 is 2.03 bits per heavy atom. The lowest BCUT2D eigenvalue weighted by molar-refractivity contribution is 0.0976. The minimum atomic E-state index is -3.34. The maximum absolute atomic E-state index is 12.6. The van der Waals surface area contributed by atoms with Crippen LogP contribution >= 0.6 is 0 Å². The summed E-state index contributed by atoms with van der Waals surface area (Å²) in [7, 11) is -1.66. The van der Waals surface area contributed by atoms with E-state index < -0.39 is 21.8 Å². The minimum absolute atomic E-state index is 0.104. The highest BCUT2D eigenvalue weighted by Crippen LogP contribution is 2.39. The normalized spacial score (nSPS) is 15.3. The molecule has 1 amide bonds. The second kappa shape index (κ2) is 9.19. The first-order valence-corrected chi connectivity index (χ1v) is 11.3. The number of carbonyl (C=O) groups is 1. The zero-order valence-corrected chi connectivity index (χ0v) is 17.8. The topological polar surface area (TPSA) is 138 Å². The first-order chi connectivity index (χ1) is 14.7. The molecule has 1 aliphatic heterocycles. The monoisotopic (exact) mass is 445 g/mol. The number of carbonyl (C=O) groups excluding carboxylic acids is 1. The molecule has 0 saturated carbocycles. The standard InChI is InChI=1S/C21H23N3O6S/c1-23-8-7-20(22)24-21(26)13-9-18(17-11-15(12-25)30-19(17)10-13)29-14-3-5-16(6-4-14)31(2,27)28/h3-10,15,23,25H,11-12H2,1-2H3,(H2,22,24,26)/b8-7-. The van der Waals surface area contributed by atoms with Gasteiger partial charge in [0.05, 0.1) is 11.5 Å². The summed E-state index contributed by atoms with van der Waals surface area (Å²) in [5, 5.41) is 22.4. The molecule has 0 bridgehead atoms. The van der Waals surface area contributed by atoms with Crippen LogP contribution in [0.15, 0.2) is 53.6 Å². The first-order valence-electron chi connectivity index (χ1n) is 9.37. The third-order valence-corrected chi connectivity index (χ3v) is 5.63. The third-order valence-electron chi connectivity index (χ3n) is 4.50. The van der Waals surface area contributed by atoms with E-state index in [1.54, 1.807) is 7.05 Å². The summed E-state index contributed by atoms with van der Waals surface area (Å²) in [5.74, 6) is 0.508. The highest BCUT2D eigenvalue weighted by atomic mass is 32.2. The number of fused-ring (bicyclic) bond motifs is 1. The molecule has 1 unspecified atom stereocenters. The van der Waals surface area contributed by atoms with Gasteiger partial charge < -0.3 is 25.2 Å². The van der Waals surface area contributed by atoms with E-state index in [1.807, 2.05) is 0 Å². The van der Waals surface area contributed by atoms with Crippen LogP contribution in [-0.2, 0) is 16.3 Å². The number of hydrogen-bond acceptors (Lipinski definition) is 8. The van der Waals surface area contributed by atoms with Crippen LogP contribution in [-0.4, -0.2) is 51.3 Å². The Kier molecular flexibility index (Phi) is 6.62. The third kappa shape index (κ3) is 5.41. The molecule has 4 N–H and O–H groups in total. The highest BCUT2D eigenvalue weighted by Gasteiger charge is 2.28. The van der Waals surface area contributed by atoms with Crippen molar-refractivity contribution in [3.05, 3.63) is 59.8 Å². The number of nitrogens with one attached hydrogen (secondary N) is 3. The summed E-state index contributed by atoms with van der Waals surface area (Å²) in [6.45, 7) is -0.196. The molecule has 2 aromatic rings. The van der Waals surface area contributed by atoms with E-state index in [-0.39, 0.29) is 22.9 Å². The van der Waals surface area contributed by atoms with Crippen molar-refractivity contribution in [1.82, 2.24) is 10.6 Å². The van der Waals surface area contributed by atoms with Crippen LogP contribution in [0.3, 0.4) is 0 Å². The van der Waals surface area contributed by atoms with Crippen molar-refractivity contribution >= 4 is 21.6 Å². The van der Waals surface area contributed by atoms with Crippen molar-refractivity contribution in [2.75, 3.05) is 19.9 Å². The second-order valence-corrected chi connectivity index (χ2v) is 8.93. The highest BCUT2D eigenvalue weighted by molar-refractivity contribution is 7.90. The number of benzene rings is 2. The van der Waals surface area contributed by atoms with Crippen LogP contribution in [0.2, 0.25) is 0 Å². The van der Waals surface area contributed by atoms with Gasteiger partial charge in [0, 0.05) is 30.9 Å². The fourth-order valence-electron chi connectivity index (χ4n) is 2.98. The van der Waals surface area contributed by atoms with Crippen LogP contribution in [0.4, 0.5) is 0 Å². The molecule has 0 radical (unpaired) electrons. The van der Waals surface area contributed by atoms with Gasteiger partial charge in [0.15, 0.2) is 9.84 Å². The van der Waals surface area contributed by atoms with E-state index in [1.165, 1.54) is 48.7 Å². The lowest BCUT2D eigenvalue weighted by Gasteiger charge is -2.12. The van der Waals surface area contributed by atoms with Gasteiger partial charge in [-0.3, -0.25) is 10.2 Å². The Balaban J connectivity index is 1.91. The maximum atomic E-state index is 12.6. The molecule has 0 aliphatic carbocycles. The number of hydrogen-bond donors (Lipinski definition) is 4. The molecule has 1 aliphatic rings. The Bertz CT molecular complexity index is 1130. The quantitative estimate of drug-likeness (QED) is 0.375. The van der Waals surface area contributed by atoms with Gasteiger partial charge in [-0.05, 0) is 48.7 Å². The van der Waals surface area contributed by atoms with Crippen LogP contribution in [0.5, 0.6) is 17.2 Å². The van der Waals surface area contributed by atoms with E-state index in [2.05, 4.69) is 10.6 Å². The van der Waals surface area contributed by atoms with Gasteiger partial charge in [-0.25, -0.2) is 8.42 Å². The number of aliphatic hydroxyl groups is 1. The van der Waals surface area contributed by atoms with E-state index in [0.717, 1.165) is 6.26 Å². The zero-order valence-electron chi connectivity index (χ0n) is 17.0. The minimum Gasteiger partial charge on any atom is -0.487 e. The average Bonchev–Trinajstić information content (AvgIpc) is 3.15. The maximum Gasteiger partial charge on any atom is 0.257 e. The van der Waals surface area contributed by atoms with Crippen molar-refractivity contribution in [2.45, 2.75) is 17.4 Å². The molecular weight excluding hydrogens is 422 g/mol. The largest absolute Gasteiger partial charge is 0.487 e. The summed E-state index contributed by atoms with van der Waals surface area (Å²) in [5.41, 5.74) is 0.899. The lowest BCUT2D eigenvalue weighted by atomic mass is 10.1. The Hall–Kier alpha value is -3.37. The van der Waals surface area contributed by atoms with E-state index in [4.69, 9.17) is 14.9 Å². The van der Waals surface area contributed by atoms with Crippen molar-refractivity contribution in [3.8, 4) is 17.2 Å². The van der Waals surface area contributed by atoms with Crippen molar-refractivity contribution in [3.63, 3.8) is 0 Å². The molecule has 1 heterocycles. The van der Waals surface area contributed by atoms with Gasteiger partial charge in [-0.2, -0.15) is 0 Å². The van der Waals surface area contributed by atoms with Crippen molar-refractivity contribution in [1.29, 1.82) is 5.41 Å². The van der Waals surface area contributed by atoms with Gasteiger partial charge in [0.2, 0.25) is 0 Å². The first kappa shape index (κ1) is 22.3. The molecule has 2 aromatic carbocycles. The van der Waals surface area contributed by atoms with Gasteiger partial charge in [-0.1, -0.05) is 0 Å². The number of sulfone groups is 1. The fourth-order valence-corrected chi connectivity index (χ4v) is 3.61. The SMILES string of the molecule is CN/C=C\C(=N)NC(=O)c1cc(Oc2ccc(S(C)(=O)=O)cc2)c2c(c1)OC(CO)C2. The van der Waals surface area contributed by atoms with Gasteiger partial charge >= 0.3 is 0 Å². The second-order valence-electron chi connectivity index (χ2n) is 6.91. The van der Waals surface area contributed by atoms with Gasteiger partial charge in [0.25, 0.3) is 5.91 Å². The predicted molar refractivity (Wildman–Crippen MR) is 115 cm³/mol. The van der Waals surface area contributed by atoms with Crippen LogP contribution in [0, 0.1) is 5.41 Å². The number of aliphatic hydroxyl groups excluding tert-OH is 1. The van der Waals surface area contributed by atoms with Crippen molar-refractivity contribution < 1.29 is 27.8 Å². The molecule has 164 valence electrons. The Morgan fingerprint density at radius 1 is 1.32 bits per heavy atom. The summed E-state index contributed by atoms with van der Waals surface area (Å²) in [6, 6.07) is 8.97. The Labute approximate surface area is 180 Å². The number of amides is 1. The van der Waals surface area contributed by atoms with Gasteiger partial charge in [0.1, 0.15) is 29.2 Å². The average molecular weight is 445 g/mol. The zero-order chi connectivity index (χ0) is 22.6. The number of amidine groups is 1. The molecule has 1 atom stereocenters. The molecule has 0 spiro atoms. The predicted octanol–water partition coefficient (Wildman–Crippen LogP) is 1.62. The lowest BCUT2D eigenvalue weighted by Crippen LogP contribution is -2.28. The van der Waals surface area contributed by atoms with Crippen LogP contribution < -0.4 is 20.1 Å². The van der Waals surface area contributed by atoms with Gasteiger partial charge in [-0.15, -0.1) is 0 Å². The van der Waals surface area contributed by atoms with Crippen LogP contribution in [0.1, 0.15) is 15.9 Å². The molecule has 10 heteroatoms. The Morgan fingerprint density at radius 3 is 2.65 bits per heavy atom. The smallest absolute Gasteiger partial charge is 0.257 e. The summed E-state index contributed by atoms with van der Waals surface area (Å²) in [6.07, 6.45) is 3.96. The molecule has 3 rings (SSSR count). The molecular formula is C21H23N3O6S. The summed E-state index contributed by atoms with van der Waals surface area (Å²) in [4.78, 5) is 12.8. The molecule has 9 nitrogen and oxygen atoms in total. The van der Waals surface area contributed by atoms with E-state index in [9.17, 15) is 18.3 Å². The molecule has 0 aromatic heterocycles.